The minimum Gasteiger partial charge on any atom is -0.493 e. The molecule has 0 spiro atoms. The Morgan fingerprint density at radius 3 is 2.53 bits per heavy atom. The number of ether oxygens (including phenoxy) is 1. The van der Waals surface area contributed by atoms with Gasteiger partial charge in [0.2, 0.25) is 0 Å². The van der Waals surface area contributed by atoms with Crippen molar-refractivity contribution in [3.05, 3.63) is 41.7 Å². The molecule has 1 atom stereocenters. The molecule has 1 saturated heterocycles. The van der Waals surface area contributed by atoms with Crippen LogP contribution in [0.4, 0.5) is 4.39 Å². The van der Waals surface area contributed by atoms with Gasteiger partial charge >= 0.3 is 5.97 Å². The van der Waals surface area contributed by atoms with Crippen molar-refractivity contribution in [2.75, 3.05) is 12.5 Å². The van der Waals surface area contributed by atoms with E-state index in [9.17, 15) is 14.7 Å². The summed E-state index contributed by atoms with van der Waals surface area (Å²) in [5, 5.41) is 9.69. The quantitative estimate of drug-likeness (QED) is 0.441. The van der Waals surface area contributed by atoms with Crippen LogP contribution in [0.25, 0.3) is 0 Å². The first kappa shape index (κ1) is 24.6. The summed E-state index contributed by atoms with van der Waals surface area (Å²) in [6, 6.07) is 1.90. The highest BCUT2D eigenvalue weighted by atomic mass is 32.2. The minimum absolute atomic E-state index is 0.0550. The van der Waals surface area contributed by atoms with E-state index in [0.29, 0.717) is 12.4 Å². The molecule has 176 valence electrons. The summed E-state index contributed by atoms with van der Waals surface area (Å²) in [6.07, 6.45) is 6.50. The molecule has 3 rings (SSSR count). The molecule has 1 N–H and O–H groups in total. The molecule has 0 bridgehead atoms. The van der Waals surface area contributed by atoms with E-state index in [0.717, 1.165) is 37.7 Å². The SMILES string of the molecule is C=CCC(CC)(CC)COc1cc(F)c(C(=O)N2CSC(C)(C)[C@H]2C(=O)O)cc1C1CC1. The number of halogens is 1. The Bertz CT molecular complexity index is 892. The zero-order valence-electron chi connectivity index (χ0n) is 19.4. The standard InChI is InChI=1S/C25H34FNO4S/c1-6-11-25(7-2,8-3)14-31-20-13-19(26)18(12-17(20)16-9-10-16)22(28)27-15-32-24(4,5)21(27)23(29)30/h6,12-13,16,21H,1,7-11,14-15H2,2-5H3,(H,29,30)/t21-/m1/s1. The molecule has 0 unspecified atom stereocenters. The molecular formula is C25H34FNO4S. The number of carboxylic acids is 1. The average Bonchev–Trinajstić information content (AvgIpc) is 3.53. The summed E-state index contributed by atoms with van der Waals surface area (Å²) in [5.41, 5.74) is 0.709. The Hall–Kier alpha value is -2.02. The van der Waals surface area contributed by atoms with Crippen LogP contribution < -0.4 is 4.74 Å². The van der Waals surface area contributed by atoms with Crippen LogP contribution in [0, 0.1) is 11.2 Å². The molecule has 1 aromatic carbocycles. The third-order valence-corrected chi connectivity index (χ3v) is 8.37. The predicted molar refractivity (Wildman–Crippen MR) is 126 cm³/mol. The minimum atomic E-state index is -1.08. The van der Waals surface area contributed by atoms with Crippen molar-refractivity contribution in [2.24, 2.45) is 5.41 Å². The Balaban J connectivity index is 1.90. The molecular weight excluding hydrogens is 429 g/mol. The van der Waals surface area contributed by atoms with Crippen molar-refractivity contribution in [3.8, 4) is 5.75 Å². The maximum absolute atomic E-state index is 15.2. The molecule has 7 heteroatoms. The number of aliphatic carboxylic acids is 1. The molecule has 1 aliphatic carbocycles. The van der Waals surface area contributed by atoms with Gasteiger partial charge in [0.1, 0.15) is 17.6 Å². The van der Waals surface area contributed by atoms with Crippen LogP contribution in [0.1, 0.15) is 81.6 Å². The molecule has 5 nitrogen and oxygen atoms in total. The number of benzene rings is 1. The van der Waals surface area contributed by atoms with Crippen molar-refractivity contribution in [3.63, 3.8) is 0 Å². The lowest BCUT2D eigenvalue weighted by Crippen LogP contribution is -2.48. The first-order valence-corrected chi connectivity index (χ1v) is 12.3. The fourth-order valence-electron chi connectivity index (χ4n) is 4.44. The van der Waals surface area contributed by atoms with Crippen LogP contribution in [-0.2, 0) is 4.79 Å². The van der Waals surface area contributed by atoms with Gasteiger partial charge in [-0.1, -0.05) is 19.9 Å². The molecule has 2 aliphatic rings. The summed E-state index contributed by atoms with van der Waals surface area (Å²) in [6.45, 7) is 12.1. The fraction of sp³-hybridized carbons (Fsp3) is 0.600. The maximum Gasteiger partial charge on any atom is 0.327 e. The molecule has 0 aromatic heterocycles. The van der Waals surface area contributed by atoms with Crippen LogP contribution in [0.2, 0.25) is 0 Å². The lowest BCUT2D eigenvalue weighted by Gasteiger charge is -2.31. The summed E-state index contributed by atoms with van der Waals surface area (Å²) in [7, 11) is 0. The number of carbonyl (C=O) groups excluding carboxylic acids is 1. The largest absolute Gasteiger partial charge is 0.493 e. The van der Waals surface area contributed by atoms with E-state index in [1.165, 1.54) is 22.7 Å². The molecule has 1 saturated carbocycles. The van der Waals surface area contributed by atoms with Crippen molar-refractivity contribution in [2.45, 2.75) is 76.5 Å². The van der Waals surface area contributed by atoms with E-state index < -0.39 is 28.5 Å². The third-order valence-electron chi connectivity index (χ3n) is 7.00. The van der Waals surface area contributed by atoms with E-state index in [2.05, 4.69) is 20.4 Å². The van der Waals surface area contributed by atoms with Crippen molar-refractivity contribution >= 4 is 23.6 Å². The van der Waals surface area contributed by atoms with Crippen LogP contribution in [-0.4, -0.2) is 45.2 Å². The first-order valence-electron chi connectivity index (χ1n) is 11.3. The van der Waals surface area contributed by atoms with Gasteiger partial charge in [-0.25, -0.2) is 9.18 Å². The second-order valence-corrected chi connectivity index (χ2v) is 11.1. The first-order chi connectivity index (χ1) is 15.1. The molecule has 1 aliphatic heterocycles. The Morgan fingerprint density at radius 2 is 2.00 bits per heavy atom. The number of rotatable bonds is 10. The summed E-state index contributed by atoms with van der Waals surface area (Å²) in [4.78, 5) is 26.3. The molecule has 1 heterocycles. The van der Waals surface area contributed by atoms with E-state index in [1.54, 1.807) is 19.9 Å². The fourth-order valence-corrected chi connectivity index (χ4v) is 5.56. The maximum atomic E-state index is 15.2. The average molecular weight is 464 g/mol. The molecule has 1 amide bonds. The van der Waals surface area contributed by atoms with Gasteiger partial charge < -0.3 is 14.7 Å². The Labute approximate surface area is 194 Å². The third kappa shape index (κ3) is 4.82. The van der Waals surface area contributed by atoms with E-state index in [4.69, 9.17) is 4.74 Å². The number of thioether (sulfide) groups is 1. The number of hydrogen-bond acceptors (Lipinski definition) is 4. The summed E-state index contributed by atoms with van der Waals surface area (Å²) in [5.74, 6) is -1.37. The van der Waals surface area contributed by atoms with Crippen molar-refractivity contribution in [1.29, 1.82) is 0 Å². The highest BCUT2D eigenvalue weighted by Gasteiger charge is 2.48. The molecule has 1 aromatic rings. The second kappa shape index (κ2) is 9.46. The monoisotopic (exact) mass is 463 g/mol. The highest BCUT2D eigenvalue weighted by molar-refractivity contribution is 8.00. The predicted octanol–water partition coefficient (Wildman–Crippen LogP) is 5.84. The number of carboxylic acid groups (broad SMARTS) is 1. The van der Waals surface area contributed by atoms with E-state index >= 15 is 4.39 Å². The van der Waals surface area contributed by atoms with Gasteiger partial charge in [0.15, 0.2) is 0 Å². The summed E-state index contributed by atoms with van der Waals surface area (Å²) >= 11 is 1.39. The lowest BCUT2D eigenvalue weighted by atomic mass is 9.80. The number of amides is 1. The second-order valence-electron chi connectivity index (χ2n) is 9.53. The van der Waals surface area contributed by atoms with Gasteiger partial charge in [-0.15, -0.1) is 18.3 Å². The zero-order chi connectivity index (χ0) is 23.7. The van der Waals surface area contributed by atoms with Crippen molar-refractivity contribution < 1.29 is 23.8 Å². The smallest absolute Gasteiger partial charge is 0.327 e. The topological polar surface area (TPSA) is 66.8 Å². The van der Waals surface area contributed by atoms with Gasteiger partial charge in [0, 0.05) is 16.2 Å². The molecule has 2 fully saturated rings. The number of hydrogen-bond donors (Lipinski definition) is 1. The van der Waals surface area contributed by atoms with Gasteiger partial charge in [-0.05, 0) is 63.5 Å². The number of nitrogens with zero attached hydrogens (tertiary/aromatic N) is 1. The van der Waals surface area contributed by atoms with Crippen LogP contribution in [0.3, 0.4) is 0 Å². The van der Waals surface area contributed by atoms with Gasteiger partial charge in [0.25, 0.3) is 5.91 Å². The Kier molecular flexibility index (Phi) is 7.28. The van der Waals surface area contributed by atoms with Crippen molar-refractivity contribution in [1.82, 2.24) is 4.90 Å². The van der Waals surface area contributed by atoms with Gasteiger partial charge in [-0.3, -0.25) is 4.79 Å². The molecule has 32 heavy (non-hydrogen) atoms. The van der Waals surface area contributed by atoms with Gasteiger partial charge in [0.05, 0.1) is 18.0 Å². The van der Waals surface area contributed by atoms with Gasteiger partial charge in [-0.2, -0.15) is 0 Å². The van der Waals surface area contributed by atoms with Crippen LogP contribution >= 0.6 is 11.8 Å². The van der Waals surface area contributed by atoms with Crippen LogP contribution in [0.15, 0.2) is 24.8 Å². The number of allylic oxidation sites excluding steroid dienone is 1. The number of carbonyl (C=O) groups is 2. The Morgan fingerprint density at radius 1 is 1.34 bits per heavy atom. The van der Waals surface area contributed by atoms with E-state index in [-0.39, 0.29) is 22.8 Å². The normalized spacial score (nSPS) is 20.3. The lowest BCUT2D eigenvalue weighted by molar-refractivity contribution is -0.142. The molecule has 0 radical (unpaired) electrons. The zero-order valence-corrected chi connectivity index (χ0v) is 20.3. The van der Waals surface area contributed by atoms with Crippen LogP contribution in [0.5, 0.6) is 5.75 Å². The highest BCUT2D eigenvalue weighted by Crippen LogP contribution is 2.46. The van der Waals surface area contributed by atoms with E-state index in [1.807, 2.05) is 6.08 Å². The summed E-state index contributed by atoms with van der Waals surface area (Å²) < 4.78 is 20.7.